The summed E-state index contributed by atoms with van der Waals surface area (Å²) in [7, 11) is 0. The molecule has 0 radical (unpaired) electrons. The Balaban J connectivity index is 1.38. The predicted molar refractivity (Wildman–Crippen MR) is 164 cm³/mol. The Morgan fingerprint density at radius 1 is 1.07 bits per heavy atom. The van der Waals surface area contributed by atoms with Gasteiger partial charge in [0.15, 0.2) is 0 Å². The molecule has 1 aliphatic carbocycles. The molecule has 5 rings (SSSR count). The van der Waals surface area contributed by atoms with Crippen molar-refractivity contribution in [2.24, 2.45) is 11.8 Å². The second kappa shape index (κ2) is 13.3. The monoisotopic (exact) mass is 622 g/mol. The van der Waals surface area contributed by atoms with Crippen molar-refractivity contribution in [2.75, 3.05) is 11.9 Å². The largest absolute Gasteiger partial charge is 0.456 e. The summed E-state index contributed by atoms with van der Waals surface area (Å²) in [5.74, 6) is -2.01. The van der Waals surface area contributed by atoms with E-state index in [0.717, 1.165) is 38.2 Å². The van der Waals surface area contributed by atoms with E-state index in [9.17, 15) is 18.8 Å². The Morgan fingerprint density at radius 3 is 2.52 bits per heavy atom. The molecule has 1 aromatic heterocycles. The molecule has 232 valence electrons. The lowest BCUT2D eigenvalue weighted by Crippen LogP contribution is -2.47. The summed E-state index contributed by atoms with van der Waals surface area (Å²) in [6.45, 7) is 5.52. The number of nitrogens with zero attached hydrogens (tertiary/aromatic N) is 5. The SMILES string of the molecule is CC(C)(C)OC(=O)c1ccc(NC(=O)[C@@H]2[C@H](C3CCCCC3)CCN2C(=O)/C=C/c2cc(Cl)ccc2-n2cnnn2)cc1F. The standard InChI is InChI=1S/C32H36ClFN6O4/c1-32(2,3)44-31(43)25-12-11-23(18-26(25)34)36-30(42)29-24(20-7-5-4-6-8-20)15-16-39(29)28(41)14-9-21-17-22(33)10-13-27(21)40-19-35-37-38-40/h9-14,17-20,24,29H,4-8,15-16H2,1-3H3,(H,36,42)/b14-9+/t24-,29-/m0/s1. The van der Waals surface area contributed by atoms with Crippen molar-refractivity contribution in [3.05, 3.63) is 70.8 Å². The van der Waals surface area contributed by atoms with Crippen molar-refractivity contribution in [2.45, 2.75) is 70.9 Å². The fraction of sp³-hybridized carbons (Fsp3) is 0.438. The van der Waals surface area contributed by atoms with Crippen LogP contribution in [0.3, 0.4) is 0 Å². The van der Waals surface area contributed by atoms with Gasteiger partial charge in [0.25, 0.3) is 0 Å². The van der Waals surface area contributed by atoms with Crippen molar-refractivity contribution in [1.29, 1.82) is 0 Å². The Labute approximate surface area is 260 Å². The number of hydrogen-bond acceptors (Lipinski definition) is 7. The summed E-state index contributed by atoms with van der Waals surface area (Å²) >= 11 is 6.24. The minimum absolute atomic E-state index is 0.0264. The third kappa shape index (κ3) is 7.32. The number of halogens is 2. The molecule has 2 fully saturated rings. The van der Waals surface area contributed by atoms with Crippen molar-refractivity contribution >= 4 is 41.1 Å². The van der Waals surface area contributed by atoms with Gasteiger partial charge in [0.05, 0.1) is 11.3 Å². The molecule has 2 aliphatic rings. The van der Waals surface area contributed by atoms with Gasteiger partial charge < -0.3 is 15.0 Å². The number of aromatic nitrogens is 4. The molecule has 1 N–H and O–H groups in total. The zero-order valence-corrected chi connectivity index (χ0v) is 25.8. The quantitative estimate of drug-likeness (QED) is 0.259. The van der Waals surface area contributed by atoms with Gasteiger partial charge in [-0.2, -0.15) is 4.68 Å². The first-order chi connectivity index (χ1) is 21.0. The summed E-state index contributed by atoms with van der Waals surface area (Å²) in [6, 6.07) is 8.30. The smallest absolute Gasteiger partial charge is 0.341 e. The zero-order valence-electron chi connectivity index (χ0n) is 25.0. The summed E-state index contributed by atoms with van der Waals surface area (Å²) in [6.07, 6.45) is 10.6. The molecule has 2 aromatic carbocycles. The highest BCUT2D eigenvalue weighted by Crippen LogP contribution is 2.39. The third-order valence-corrected chi connectivity index (χ3v) is 8.33. The van der Waals surface area contributed by atoms with Crippen LogP contribution in [0.5, 0.6) is 0 Å². The summed E-state index contributed by atoms with van der Waals surface area (Å²) in [5, 5.41) is 14.6. The van der Waals surface area contributed by atoms with Gasteiger partial charge in [-0.25, -0.2) is 9.18 Å². The van der Waals surface area contributed by atoms with Crippen LogP contribution in [0, 0.1) is 17.7 Å². The Hall–Kier alpha value is -4.12. The van der Waals surface area contributed by atoms with E-state index in [2.05, 4.69) is 20.8 Å². The van der Waals surface area contributed by atoms with Crippen LogP contribution in [0.2, 0.25) is 5.02 Å². The topological polar surface area (TPSA) is 119 Å². The first-order valence-corrected chi connectivity index (χ1v) is 15.2. The molecule has 1 saturated heterocycles. The molecule has 0 unspecified atom stereocenters. The molecular formula is C32H36ClFN6O4. The maximum atomic E-state index is 15.0. The molecule has 2 heterocycles. The summed E-state index contributed by atoms with van der Waals surface area (Å²) in [4.78, 5) is 41.5. The minimum Gasteiger partial charge on any atom is -0.456 e. The zero-order chi connectivity index (χ0) is 31.4. The van der Waals surface area contributed by atoms with E-state index in [1.807, 2.05) is 0 Å². The number of anilines is 1. The van der Waals surface area contributed by atoms with Crippen molar-refractivity contribution in [3.8, 4) is 5.69 Å². The van der Waals surface area contributed by atoms with Crippen LogP contribution in [0.4, 0.5) is 10.1 Å². The van der Waals surface area contributed by atoms with Crippen LogP contribution in [-0.4, -0.2) is 61.1 Å². The van der Waals surface area contributed by atoms with Gasteiger partial charge >= 0.3 is 5.97 Å². The number of carbonyl (C=O) groups excluding carboxylic acids is 3. The molecule has 1 aliphatic heterocycles. The lowest BCUT2D eigenvalue weighted by molar-refractivity contribution is -0.134. The molecule has 44 heavy (non-hydrogen) atoms. The van der Waals surface area contributed by atoms with Crippen LogP contribution in [-0.2, 0) is 14.3 Å². The minimum atomic E-state index is -0.803. The Bertz CT molecular complexity index is 1550. The van der Waals surface area contributed by atoms with Gasteiger partial charge in [0, 0.05) is 28.9 Å². The molecular weight excluding hydrogens is 587 g/mol. The average Bonchev–Trinajstić information content (AvgIpc) is 3.66. The van der Waals surface area contributed by atoms with Crippen LogP contribution in [0.25, 0.3) is 11.8 Å². The number of likely N-dealkylation sites (tertiary alicyclic amines) is 1. The summed E-state index contributed by atoms with van der Waals surface area (Å²) in [5.41, 5.74) is 0.461. The number of tetrazole rings is 1. The molecule has 12 heteroatoms. The highest BCUT2D eigenvalue weighted by atomic mass is 35.5. The van der Waals surface area contributed by atoms with Gasteiger partial charge in [-0.3, -0.25) is 9.59 Å². The number of carbonyl (C=O) groups is 3. The van der Waals surface area contributed by atoms with E-state index in [1.54, 1.807) is 49.9 Å². The number of benzene rings is 2. The number of hydrogen-bond donors (Lipinski definition) is 1. The van der Waals surface area contributed by atoms with E-state index < -0.39 is 23.4 Å². The number of esters is 1. The lowest BCUT2D eigenvalue weighted by atomic mass is 9.76. The van der Waals surface area contributed by atoms with Gasteiger partial charge in [-0.1, -0.05) is 43.7 Å². The van der Waals surface area contributed by atoms with Crippen LogP contribution in [0.1, 0.15) is 75.2 Å². The van der Waals surface area contributed by atoms with Crippen LogP contribution < -0.4 is 5.32 Å². The lowest BCUT2D eigenvalue weighted by Gasteiger charge is -2.33. The van der Waals surface area contributed by atoms with Crippen molar-refractivity contribution < 1.29 is 23.5 Å². The second-order valence-corrected chi connectivity index (χ2v) is 12.7. The Kier molecular flexibility index (Phi) is 9.43. The second-order valence-electron chi connectivity index (χ2n) is 12.3. The molecule has 2 amide bonds. The van der Waals surface area contributed by atoms with Gasteiger partial charge in [0.2, 0.25) is 11.8 Å². The maximum Gasteiger partial charge on any atom is 0.341 e. The van der Waals surface area contributed by atoms with Crippen molar-refractivity contribution in [3.63, 3.8) is 0 Å². The molecule has 2 atom stereocenters. The molecule has 0 spiro atoms. The van der Waals surface area contributed by atoms with E-state index in [1.165, 1.54) is 29.2 Å². The third-order valence-electron chi connectivity index (χ3n) is 8.10. The van der Waals surface area contributed by atoms with Gasteiger partial charge in [-0.15, -0.1) is 5.10 Å². The number of amides is 2. The van der Waals surface area contributed by atoms with E-state index in [0.29, 0.717) is 35.2 Å². The normalized spacial score (nSPS) is 19.3. The van der Waals surface area contributed by atoms with Crippen LogP contribution in [0.15, 0.2) is 48.8 Å². The predicted octanol–water partition coefficient (Wildman–Crippen LogP) is 5.86. The molecule has 0 bridgehead atoms. The fourth-order valence-electron chi connectivity index (χ4n) is 6.16. The maximum absolute atomic E-state index is 15.0. The summed E-state index contributed by atoms with van der Waals surface area (Å²) < 4.78 is 21.7. The van der Waals surface area contributed by atoms with Crippen molar-refractivity contribution in [1.82, 2.24) is 25.1 Å². The van der Waals surface area contributed by atoms with Gasteiger partial charge in [-0.05, 0) is 91.9 Å². The first-order valence-electron chi connectivity index (χ1n) is 14.9. The van der Waals surface area contributed by atoms with Gasteiger partial charge in [0.1, 0.15) is 23.8 Å². The number of ether oxygens (including phenoxy) is 1. The highest BCUT2D eigenvalue weighted by Gasteiger charge is 2.44. The highest BCUT2D eigenvalue weighted by molar-refractivity contribution is 6.30. The van der Waals surface area contributed by atoms with Crippen LogP contribution >= 0.6 is 11.6 Å². The first kappa shape index (κ1) is 31.3. The molecule has 1 saturated carbocycles. The number of nitrogens with one attached hydrogen (secondary N) is 1. The van der Waals surface area contributed by atoms with E-state index in [-0.39, 0.29) is 29.0 Å². The fourth-order valence-corrected chi connectivity index (χ4v) is 6.34. The van der Waals surface area contributed by atoms with E-state index in [4.69, 9.17) is 16.3 Å². The average molecular weight is 623 g/mol. The molecule has 3 aromatic rings. The van der Waals surface area contributed by atoms with E-state index >= 15 is 0 Å². The Morgan fingerprint density at radius 2 is 1.84 bits per heavy atom. The molecule has 10 nitrogen and oxygen atoms in total. The number of rotatable bonds is 7.